The van der Waals surface area contributed by atoms with Crippen LogP contribution in [0.15, 0.2) is 48.5 Å². The summed E-state index contributed by atoms with van der Waals surface area (Å²) in [5, 5.41) is 4.27. The summed E-state index contributed by atoms with van der Waals surface area (Å²) in [5.41, 5.74) is 2.34. The van der Waals surface area contributed by atoms with Gasteiger partial charge >= 0.3 is 0 Å². The van der Waals surface area contributed by atoms with Crippen LogP contribution in [0.4, 0.5) is 0 Å². The Morgan fingerprint density at radius 2 is 1.64 bits per heavy atom. The zero-order valence-corrected chi connectivity index (χ0v) is 16.0. The van der Waals surface area contributed by atoms with Crippen LogP contribution in [0.5, 0.6) is 5.75 Å². The fraction of sp³-hybridized carbons (Fsp3) is 0.455. The summed E-state index contributed by atoms with van der Waals surface area (Å²) in [6, 6.07) is 16.1. The third kappa shape index (κ3) is 8.42. The molecule has 0 saturated carbocycles. The summed E-state index contributed by atoms with van der Waals surface area (Å²) in [6.45, 7) is 4.77. The van der Waals surface area contributed by atoms with Gasteiger partial charge in [0.15, 0.2) is 0 Å². The van der Waals surface area contributed by atoms with Crippen molar-refractivity contribution in [1.29, 1.82) is 0 Å². The van der Waals surface area contributed by atoms with E-state index >= 15 is 0 Å². The molecule has 0 fully saturated rings. The van der Waals surface area contributed by atoms with Crippen LogP contribution in [0.1, 0.15) is 56.6 Å². The highest BCUT2D eigenvalue weighted by atomic mass is 35.5. The van der Waals surface area contributed by atoms with E-state index in [-0.39, 0.29) is 0 Å². The fourth-order valence-electron chi connectivity index (χ4n) is 2.80. The van der Waals surface area contributed by atoms with Gasteiger partial charge in [-0.25, -0.2) is 0 Å². The first-order chi connectivity index (χ1) is 12.3. The Labute approximate surface area is 157 Å². The molecule has 136 valence electrons. The molecule has 25 heavy (non-hydrogen) atoms. The van der Waals surface area contributed by atoms with E-state index in [1.54, 1.807) is 0 Å². The number of ether oxygens (including phenoxy) is 1. The lowest BCUT2D eigenvalue weighted by molar-refractivity contribution is 0.306. The van der Waals surface area contributed by atoms with Crippen molar-refractivity contribution < 1.29 is 4.74 Å². The SMILES string of the molecule is CCCCCCCCNCc1cccc(OCc2cccc(Cl)c2)c1. The molecule has 0 aliphatic rings. The molecule has 2 rings (SSSR count). The molecule has 0 radical (unpaired) electrons. The van der Waals surface area contributed by atoms with Gasteiger partial charge in [-0.3, -0.25) is 0 Å². The second-order valence-electron chi connectivity index (χ2n) is 6.51. The Bertz CT molecular complexity index is 614. The van der Waals surface area contributed by atoms with Gasteiger partial charge in [0.25, 0.3) is 0 Å². The lowest BCUT2D eigenvalue weighted by Crippen LogP contribution is -2.14. The molecule has 0 aliphatic heterocycles. The lowest BCUT2D eigenvalue weighted by atomic mass is 10.1. The first-order valence-corrected chi connectivity index (χ1v) is 9.82. The maximum absolute atomic E-state index is 6.01. The van der Waals surface area contributed by atoms with Crippen LogP contribution < -0.4 is 10.1 Å². The molecule has 2 aromatic carbocycles. The zero-order valence-electron chi connectivity index (χ0n) is 15.3. The lowest BCUT2D eigenvalue weighted by Gasteiger charge is -2.09. The second kappa shape index (κ2) is 11.9. The van der Waals surface area contributed by atoms with Gasteiger partial charge in [0.1, 0.15) is 12.4 Å². The van der Waals surface area contributed by atoms with Crippen molar-refractivity contribution in [3.05, 3.63) is 64.7 Å². The van der Waals surface area contributed by atoms with Crippen molar-refractivity contribution in [1.82, 2.24) is 5.32 Å². The number of nitrogens with one attached hydrogen (secondary N) is 1. The number of hydrogen-bond acceptors (Lipinski definition) is 2. The number of hydrogen-bond donors (Lipinski definition) is 1. The Kier molecular flexibility index (Phi) is 9.46. The second-order valence-corrected chi connectivity index (χ2v) is 6.95. The maximum Gasteiger partial charge on any atom is 0.120 e. The average Bonchev–Trinajstić information content (AvgIpc) is 2.63. The Morgan fingerprint density at radius 1 is 0.880 bits per heavy atom. The molecule has 2 aromatic rings. The minimum atomic E-state index is 0.537. The first-order valence-electron chi connectivity index (χ1n) is 9.45. The van der Waals surface area contributed by atoms with Crippen LogP contribution in [0.25, 0.3) is 0 Å². The number of halogens is 1. The van der Waals surface area contributed by atoms with E-state index in [1.165, 1.54) is 44.1 Å². The Morgan fingerprint density at radius 3 is 2.48 bits per heavy atom. The van der Waals surface area contributed by atoms with Crippen molar-refractivity contribution in [3.63, 3.8) is 0 Å². The molecule has 1 N–H and O–H groups in total. The molecule has 0 bridgehead atoms. The molecule has 2 nitrogen and oxygen atoms in total. The Hall–Kier alpha value is -1.51. The fourth-order valence-corrected chi connectivity index (χ4v) is 3.01. The Balaban J connectivity index is 1.66. The number of rotatable bonds is 12. The molecule has 0 aromatic heterocycles. The summed E-state index contributed by atoms with van der Waals surface area (Å²) < 4.78 is 5.88. The minimum absolute atomic E-state index is 0.537. The molecule has 0 spiro atoms. The van der Waals surface area contributed by atoms with Crippen molar-refractivity contribution in [2.45, 2.75) is 58.6 Å². The van der Waals surface area contributed by atoms with Crippen LogP contribution in [0, 0.1) is 0 Å². The number of benzene rings is 2. The van der Waals surface area contributed by atoms with Crippen molar-refractivity contribution in [2.75, 3.05) is 6.54 Å². The molecule has 0 amide bonds. The van der Waals surface area contributed by atoms with E-state index in [4.69, 9.17) is 16.3 Å². The van der Waals surface area contributed by atoms with Gasteiger partial charge in [-0.05, 0) is 48.4 Å². The van der Waals surface area contributed by atoms with Gasteiger partial charge < -0.3 is 10.1 Å². The smallest absolute Gasteiger partial charge is 0.120 e. The van der Waals surface area contributed by atoms with Gasteiger partial charge in [-0.2, -0.15) is 0 Å². The third-order valence-corrected chi connectivity index (χ3v) is 4.46. The minimum Gasteiger partial charge on any atom is -0.489 e. The predicted octanol–water partition coefficient (Wildman–Crippen LogP) is 6.37. The van der Waals surface area contributed by atoms with Crippen LogP contribution >= 0.6 is 11.6 Å². The van der Waals surface area contributed by atoms with Gasteiger partial charge in [0.05, 0.1) is 0 Å². The van der Waals surface area contributed by atoms with Crippen LogP contribution in [0.2, 0.25) is 5.02 Å². The summed E-state index contributed by atoms with van der Waals surface area (Å²) >= 11 is 6.01. The number of unbranched alkanes of at least 4 members (excludes halogenated alkanes) is 5. The molecule has 3 heteroatoms. The highest BCUT2D eigenvalue weighted by molar-refractivity contribution is 6.30. The zero-order chi connectivity index (χ0) is 17.7. The molecule has 0 heterocycles. The van der Waals surface area contributed by atoms with E-state index in [1.807, 2.05) is 30.3 Å². The molecule has 0 atom stereocenters. The monoisotopic (exact) mass is 359 g/mol. The highest BCUT2D eigenvalue weighted by Crippen LogP contribution is 2.17. The summed E-state index contributed by atoms with van der Waals surface area (Å²) in [5.74, 6) is 0.902. The van der Waals surface area contributed by atoms with E-state index in [0.717, 1.165) is 29.4 Å². The molecular formula is C22H30ClNO. The standard InChI is InChI=1S/C22H30ClNO/c1-2-3-4-5-6-7-14-24-17-19-10-9-13-22(16-19)25-18-20-11-8-12-21(23)15-20/h8-13,15-16,24H,2-7,14,17-18H2,1H3. The van der Waals surface area contributed by atoms with Crippen LogP contribution in [-0.4, -0.2) is 6.54 Å². The normalized spacial score (nSPS) is 10.8. The molecule has 0 aliphatic carbocycles. The summed E-state index contributed by atoms with van der Waals surface area (Å²) in [4.78, 5) is 0. The summed E-state index contributed by atoms with van der Waals surface area (Å²) in [7, 11) is 0. The van der Waals surface area contributed by atoms with Gasteiger partial charge in [0.2, 0.25) is 0 Å². The topological polar surface area (TPSA) is 21.3 Å². The summed E-state index contributed by atoms with van der Waals surface area (Å²) in [6.07, 6.45) is 8.01. The van der Waals surface area contributed by atoms with Gasteiger partial charge in [-0.1, -0.05) is 74.9 Å². The van der Waals surface area contributed by atoms with Crippen LogP contribution in [0.3, 0.4) is 0 Å². The molecule has 0 unspecified atom stereocenters. The largest absolute Gasteiger partial charge is 0.489 e. The van der Waals surface area contributed by atoms with Gasteiger partial charge in [-0.15, -0.1) is 0 Å². The third-order valence-electron chi connectivity index (χ3n) is 4.23. The predicted molar refractivity (Wildman–Crippen MR) is 107 cm³/mol. The maximum atomic E-state index is 6.01. The van der Waals surface area contributed by atoms with E-state index in [2.05, 4.69) is 30.4 Å². The van der Waals surface area contributed by atoms with E-state index in [9.17, 15) is 0 Å². The van der Waals surface area contributed by atoms with Crippen molar-refractivity contribution in [3.8, 4) is 5.75 Å². The average molecular weight is 360 g/mol. The quantitative estimate of drug-likeness (QED) is 0.444. The van der Waals surface area contributed by atoms with Gasteiger partial charge in [0, 0.05) is 11.6 Å². The first kappa shape index (κ1) is 19.8. The van der Waals surface area contributed by atoms with Crippen molar-refractivity contribution >= 4 is 11.6 Å². The van der Waals surface area contributed by atoms with E-state index in [0.29, 0.717) is 6.61 Å². The van der Waals surface area contributed by atoms with Crippen LogP contribution in [-0.2, 0) is 13.2 Å². The molecular weight excluding hydrogens is 330 g/mol. The van der Waals surface area contributed by atoms with Crippen molar-refractivity contribution in [2.24, 2.45) is 0 Å². The highest BCUT2D eigenvalue weighted by Gasteiger charge is 1.99. The molecule has 0 saturated heterocycles. The van der Waals surface area contributed by atoms with E-state index < -0.39 is 0 Å².